The van der Waals surface area contributed by atoms with Crippen molar-refractivity contribution in [3.05, 3.63) is 83.4 Å². The molecule has 0 spiro atoms. The molecule has 0 aliphatic heterocycles. The van der Waals surface area contributed by atoms with E-state index in [1.54, 1.807) is 13.2 Å². The van der Waals surface area contributed by atoms with Crippen molar-refractivity contribution in [3.63, 3.8) is 0 Å². The third kappa shape index (κ3) is 5.69. The van der Waals surface area contributed by atoms with Gasteiger partial charge in [0, 0.05) is 12.6 Å². The lowest BCUT2D eigenvalue weighted by atomic mass is 10.1. The van der Waals surface area contributed by atoms with E-state index in [1.165, 1.54) is 6.08 Å². The van der Waals surface area contributed by atoms with Crippen LogP contribution >= 0.6 is 0 Å². The molecule has 0 atom stereocenters. The first-order chi connectivity index (χ1) is 14.0. The number of rotatable bonds is 7. The summed E-state index contributed by atoms with van der Waals surface area (Å²) in [7, 11) is 1.63. The molecule has 5 nitrogen and oxygen atoms in total. The molecule has 0 fully saturated rings. The number of methoxy groups -OCH3 is 1. The summed E-state index contributed by atoms with van der Waals surface area (Å²) >= 11 is 0. The fourth-order valence-corrected chi connectivity index (χ4v) is 2.88. The van der Waals surface area contributed by atoms with Crippen molar-refractivity contribution >= 4 is 28.7 Å². The SMILES string of the molecule is COc1ccc2cc(/C=C/C(=O)OCC(=O)NCc3ccccc3C)ccc2c1. The number of esters is 1. The van der Waals surface area contributed by atoms with Crippen LogP contribution in [0.1, 0.15) is 16.7 Å². The largest absolute Gasteiger partial charge is 0.497 e. The summed E-state index contributed by atoms with van der Waals surface area (Å²) in [5.41, 5.74) is 2.99. The summed E-state index contributed by atoms with van der Waals surface area (Å²) in [6.07, 6.45) is 2.98. The first kappa shape index (κ1) is 20.1. The molecule has 0 saturated carbocycles. The Morgan fingerprint density at radius 1 is 1.00 bits per heavy atom. The van der Waals surface area contributed by atoms with Crippen molar-refractivity contribution in [1.29, 1.82) is 0 Å². The monoisotopic (exact) mass is 389 g/mol. The van der Waals surface area contributed by atoms with Gasteiger partial charge in [-0.3, -0.25) is 4.79 Å². The molecule has 1 N–H and O–H groups in total. The minimum Gasteiger partial charge on any atom is -0.497 e. The predicted molar refractivity (Wildman–Crippen MR) is 114 cm³/mol. The van der Waals surface area contributed by atoms with E-state index >= 15 is 0 Å². The van der Waals surface area contributed by atoms with Crippen molar-refractivity contribution in [3.8, 4) is 5.75 Å². The lowest BCUT2D eigenvalue weighted by Gasteiger charge is -2.07. The first-order valence-corrected chi connectivity index (χ1v) is 9.29. The minimum atomic E-state index is -0.564. The highest BCUT2D eigenvalue weighted by atomic mass is 16.5. The van der Waals surface area contributed by atoms with Crippen LogP contribution in [0.2, 0.25) is 0 Å². The second-order valence-electron chi connectivity index (χ2n) is 6.62. The van der Waals surface area contributed by atoms with Crippen LogP contribution in [0.3, 0.4) is 0 Å². The summed E-state index contributed by atoms with van der Waals surface area (Å²) in [4.78, 5) is 23.8. The van der Waals surface area contributed by atoms with Gasteiger partial charge < -0.3 is 14.8 Å². The lowest BCUT2D eigenvalue weighted by Crippen LogP contribution is -2.28. The van der Waals surface area contributed by atoms with Crippen LogP contribution in [0.15, 0.2) is 66.7 Å². The number of ether oxygens (including phenoxy) is 2. The fourth-order valence-electron chi connectivity index (χ4n) is 2.88. The van der Waals surface area contributed by atoms with E-state index in [0.717, 1.165) is 33.2 Å². The first-order valence-electron chi connectivity index (χ1n) is 9.29. The Morgan fingerprint density at radius 3 is 2.55 bits per heavy atom. The maximum Gasteiger partial charge on any atom is 0.331 e. The number of hydrogen-bond acceptors (Lipinski definition) is 4. The number of fused-ring (bicyclic) bond motifs is 1. The van der Waals surface area contributed by atoms with E-state index in [0.29, 0.717) is 6.54 Å². The van der Waals surface area contributed by atoms with Crippen LogP contribution in [-0.2, 0) is 20.9 Å². The Bertz CT molecular complexity index is 1060. The molecular weight excluding hydrogens is 366 g/mol. The lowest BCUT2D eigenvalue weighted by molar-refractivity contribution is -0.143. The topological polar surface area (TPSA) is 64.6 Å². The molecule has 3 aromatic carbocycles. The Labute approximate surface area is 170 Å². The van der Waals surface area contributed by atoms with Gasteiger partial charge in [0.2, 0.25) is 0 Å². The van der Waals surface area contributed by atoms with Gasteiger partial charge in [-0.25, -0.2) is 4.79 Å². The molecule has 3 rings (SSSR count). The van der Waals surface area contributed by atoms with Crippen molar-refractivity contribution in [2.24, 2.45) is 0 Å². The third-order valence-electron chi connectivity index (χ3n) is 4.57. The molecule has 0 unspecified atom stereocenters. The highest BCUT2D eigenvalue weighted by molar-refractivity contribution is 5.91. The molecule has 29 heavy (non-hydrogen) atoms. The Balaban J connectivity index is 1.49. The van der Waals surface area contributed by atoms with E-state index in [4.69, 9.17) is 9.47 Å². The van der Waals surface area contributed by atoms with Gasteiger partial charge in [0.05, 0.1) is 7.11 Å². The summed E-state index contributed by atoms with van der Waals surface area (Å²) < 4.78 is 10.2. The third-order valence-corrected chi connectivity index (χ3v) is 4.57. The van der Waals surface area contributed by atoms with Gasteiger partial charge in [0.15, 0.2) is 6.61 Å². The number of carbonyl (C=O) groups excluding carboxylic acids is 2. The average Bonchev–Trinajstić information content (AvgIpc) is 2.75. The Kier molecular flexibility index (Phi) is 6.63. The standard InChI is InChI=1S/C24H23NO4/c1-17-5-3-4-6-21(17)15-25-23(26)16-29-24(27)12-8-18-7-9-20-14-22(28-2)11-10-19(20)13-18/h3-14H,15-16H2,1-2H3,(H,25,26)/b12-8+. The maximum absolute atomic E-state index is 11.9. The molecule has 148 valence electrons. The van der Waals surface area contributed by atoms with E-state index < -0.39 is 5.97 Å². The molecule has 0 aliphatic rings. The highest BCUT2D eigenvalue weighted by Gasteiger charge is 2.06. The second kappa shape index (κ2) is 9.55. The number of amides is 1. The molecule has 3 aromatic rings. The zero-order valence-corrected chi connectivity index (χ0v) is 16.5. The van der Waals surface area contributed by atoms with Crippen LogP contribution in [0.4, 0.5) is 0 Å². The van der Waals surface area contributed by atoms with Gasteiger partial charge >= 0.3 is 5.97 Å². The van der Waals surface area contributed by atoms with Gasteiger partial charge in [-0.2, -0.15) is 0 Å². The van der Waals surface area contributed by atoms with Gasteiger partial charge in [-0.15, -0.1) is 0 Å². The van der Waals surface area contributed by atoms with Crippen molar-refractivity contribution in [2.75, 3.05) is 13.7 Å². The molecule has 0 bridgehead atoms. The number of carbonyl (C=O) groups is 2. The molecule has 0 radical (unpaired) electrons. The molecule has 0 heterocycles. The van der Waals surface area contributed by atoms with Crippen LogP contribution < -0.4 is 10.1 Å². The predicted octanol–water partition coefficient (Wildman–Crippen LogP) is 4.03. The van der Waals surface area contributed by atoms with Crippen molar-refractivity contribution in [1.82, 2.24) is 5.32 Å². The Morgan fingerprint density at radius 2 is 1.76 bits per heavy atom. The molecule has 0 aliphatic carbocycles. The highest BCUT2D eigenvalue weighted by Crippen LogP contribution is 2.22. The van der Waals surface area contributed by atoms with Crippen molar-refractivity contribution < 1.29 is 19.1 Å². The minimum absolute atomic E-state index is 0.313. The number of aryl methyl sites for hydroxylation is 1. The molecule has 0 aromatic heterocycles. The molecule has 0 saturated heterocycles. The summed E-state index contributed by atoms with van der Waals surface area (Å²) in [5, 5.41) is 4.84. The van der Waals surface area contributed by atoms with Gasteiger partial charge in [0.1, 0.15) is 5.75 Å². The summed E-state index contributed by atoms with van der Waals surface area (Å²) in [6.45, 7) is 2.07. The number of hydrogen-bond donors (Lipinski definition) is 1. The Hall–Kier alpha value is -3.60. The van der Waals surface area contributed by atoms with E-state index in [1.807, 2.05) is 67.6 Å². The second-order valence-corrected chi connectivity index (χ2v) is 6.62. The zero-order chi connectivity index (χ0) is 20.6. The summed E-state index contributed by atoms with van der Waals surface area (Å²) in [6, 6.07) is 19.4. The normalized spacial score (nSPS) is 10.8. The van der Waals surface area contributed by atoms with Crippen LogP contribution in [0.25, 0.3) is 16.8 Å². The fraction of sp³-hybridized carbons (Fsp3) is 0.167. The smallest absolute Gasteiger partial charge is 0.331 e. The molecule has 5 heteroatoms. The van der Waals surface area contributed by atoms with Crippen LogP contribution in [0, 0.1) is 6.92 Å². The molecular formula is C24H23NO4. The average molecular weight is 389 g/mol. The van der Waals surface area contributed by atoms with Gasteiger partial charge in [-0.05, 0) is 58.7 Å². The van der Waals surface area contributed by atoms with Crippen molar-refractivity contribution in [2.45, 2.75) is 13.5 Å². The zero-order valence-electron chi connectivity index (χ0n) is 16.5. The van der Waals surface area contributed by atoms with Crippen LogP contribution in [0.5, 0.6) is 5.75 Å². The van der Waals surface area contributed by atoms with Gasteiger partial charge in [0.25, 0.3) is 5.91 Å². The molecule has 1 amide bonds. The quantitative estimate of drug-likeness (QED) is 0.489. The maximum atomic E-state index is 11.9. The van der Waals surface area contributed by atoms with E-state index in [-0.39, 0.29) is 12.5 Å². The van der Waals surface area contributed by atoms with E-state index in [2.05, 4.69) is 5.32 Å². The number of benzene rings is 3. The number of nitrogens with one attached hydrogen (secondary N) is 1. The van der Waals surface area contributed by atoms with Crippen LogP contribution in [-0.4, -0.2) is 25.6 Å². The van der Waals surface area contributed by atoms with Gasteiger partial charge in [-0.1, -0.05) is 42.5 Å². The summed E-state index contributed by atoms with van der Waals surface area (Å²) in [5.74, 6) is -0.106. The van der Waals surface area contributed by atoms with E-state index in [9.17, 15) is 9.59 Å².